The summed E-state index contributed by atoms with van der Waals surface area (Å²) in [6.45, 7) is 5.39. The SMILES string of the molecule is CCn1c(-c2cncc(F)c2)nc2ncc(N3CCC4(CN(c5ccnc(C(F)(F)F)c5)C4)C3)nc21. The molecular weight excluding hydrogens is 476 g/mol. The first-order chi connectivity index (χ1) is 17.2. The Morgan fingerprint density at radius 1 is 1.00 bits per heavy atom. The Hall–Kier alpha value is -3.83. The van der Waals surface area contributed by atoms with Crippen LogP contribution in [0, 0.1) is 11.2 Å². The normalized spacial score (nSPS) is 17.2. The van der Waals surface area contributed by atoms with E-state index in [2.05, 4.69) is 24.8 Å². The van der Waals surface area contributed by atoms with Gasteiger partial charge in [0.05, 0.1) is 12.4 Å². The Morgan fingerprint density at radius 3 is 2.56 bits per heavy atom. The van der Waals surface area contributed by atoms with Crippen LogP contribution < -0.4 is 9.80 Å². The van der Waals surface area contributed by atoms with Crippen LogP contribution in [0.5, 0.6) is 0 Å². The van der Waals surface area contributed by atoms with Crippen LogP contribution in [0.1, 0.15) is 19.0 Å². The second kappa shape index (κ2) is 8.10. The molecule has 8 nitrogen and oxygen atoms in total. The van der Waals surface area contributed by atoms with Gasteiger partial charge in [-0.1, -0.05) is 0 Å². The topological polar surface area (TPSA) is 75.9 Å². The summed E-state index contributed by atoms with van der Waals surface area (Å²) >= 11 is 0. The van der Waals surface area contributed by atoms with Crippen molar-refractivity contribution in [2.24, 2.45) is 5.41 Å². The molecule has 186 valence electrons. The lowest BCUT2D eigenvalue weighted by atomic mass is 9.79. The second-order valence-corrected chi connectivity index (χ2v) is 9.37. The average Bonchev–Trinajstić information content (AvgIpc) is 3.44. The van der Waals surface area contributed by atoms with Crippen molar-refractivity contribution in [1.29, 1.82) is 0 Å². The number of pyridine rings is 2. The highest BCUT2D eigenvalue weighted by atomic mass is 19.4. The summed E-state index contributed by atoms with van der Waals surface area (Å²) < 4.78 is 54.8. The van der Waals surface area contributed by atoms with Crippen LogP contribution in [0.15, 0.2) is 43.0 Å². The van der Waals surface area contributed by atoms with Gasteiger partial charge in [0.1, 0.15) is 23.2 Å². The lowest BCUT2D eigenvalue weighted by Crippen LogP contribution is -2.57. The number of fused-ring (bicyclic) bond motifs is 1. The van der Waals surface area contributed by atoms with E-state index >= 15 is 0 Å². The summed E-state index contributed by atoms with van der Waals surface area (Å²) in [5, 5.41) is 0. The fourth-order valence-electron chi connectivity index (χ4n) is 5.20. The Kier molecular flexibility index (Phi) is 5.09. The van der Waals surface area contributed by atoms with Gasteiger partial charge in [0.2, 0.25) is 0 Å². The van der Waals surface area contributed by atoms with E-state index in [0.717, 1.165) is 37.6 Å². The molecule has 0 radical (unpaired) electrons. The summed E-state index contributed by atoms with van der Waals surface area (Å²) in [5.74, 6) is 0.835. The first-order valence-corrected chi connectivity index (χ1v) is 11.6. The average molecular weight is 498 g/mol. The maximum atomic E-state index is 13.7. The molecule has 4 aromatic rings. The molecule has 6 rings (SSSR count). The maximum Gasteiger partial charge on any atom is 0.433 e. The predicted octanol–water partition coefficient (Wildman–Crippen LogP) is 4.18. The number of hydrogen-bond acceptors (Lipinski definition) is 7. The van der Waals surface area contributed by atoms with Crippen molar-refractivity contribution in [3.05, 3.63) is 54.5 Å². The van der Waals surface area contributed by atoms with Gasteiger partial charge < -0.3 is 14.4 Å². The zero-order chi connectivity index (χ0) is 25.1. The van der Waals surface area contributed by atoms with Crippen molar-refractivity contribution < 1.29 is 17.6 Å². The van der Waals surface area contributed by atoms with Crippen LogP contribution in [0.2, 0.25) is 0 Å². The minimum atomic E-state index is -4.46. The van der Waals surface area contributed by atoms with E-state index in [4.69, 9.17) is 4.98 Å². The summed E-state index contributed by atoms with van der Waals surface area (Å²) in [5.41, 5.74) is 1.29. The molecule has 36 heavy (non-hydrogen) atoms. The number of aryl methyl sites for hydroxylation is 1. The van der Waals surface area contributed by atoms with Crippen LogP contribution >= 0.6 is 0 Å². The number of anilines is 2. The quantitative estimate of drug-likeness (QED) is 0.391. The smallest absolute Gasteiger partial charge is 0.370 e. The van der Waals surface area contributed by atoms with Gasteiger partial charge in [-0.2, -0.15) is 13.2 Å². The third-order valence-electron chi connectivity index (χ3n) is 6.94. The summed E-state index contributed by atoms with van der Waals surface area (Å²) in [7, 11) is 0. The van der Waals surface area contributed by atoms with Gasteiger partial charge in [0, 0.05) is 61.8 Å². The number of halogens is 4. The van der Waals surface area contributed by atoms with Gasteiger partial charge in [0.25, 0.3) is 0 Å². The van der Waals surface area contributed by atoms with E-state index in [9.17, 15) is 17.6 Å². The highest BCUT2D eigenvalue weighted by molar-refractivity contribution is 5.75. The minimum Gasteiger partial charge on any atom is -0.370 e. The molecule has 2 fully saturated rings. The Bertz CT molecular complexity index is 1440. The number of aromatic nitrogens is 6. The Balaban J connectivity index is 1.21. The van der Waals surface area contributed by atoms with E-state index in [1.54, 1.807) is 18.5 Å². The zero-order valence-corrected chi connectivity index (χ0v) is 19.4. The number of alkyl halides is 3. The molecule has 0 aliphatic carbocycles. The van der Waals surface area contributed by atoms with Crippen molar-refractivity contribution in [3.63, 3.8) is 0 Å². The highest BCUT2D eigenvalue weighted by Gasteiger charge is 2.48. The fraction of sp³-hybridized carbons (Fsp3) is 0.375. The number of nitrogens with zero attached hydrogens (tertiary/aromatic N) is 8. The van der Waals surface area contributed by atoms with Gasteiger partial charge in [-0.05, 0) is 31.5 Å². The van der Waals surface area contributed by atoms with Gasteiger partial charge in [-0.25, -0.2) is 19.3 Å². The molecule has 0 aromatic carbocycles. The first kappa shape index (κ1) is 22.6. The van der Waals surface area contributed by atoms with Crippen LogP contribution in [0.25, 0.3) is 22.7 Å². The molecule has 1 spiro atoms. The van der Waals surface area contributed by atoms with E-state index in [1.807, 2.05) is 16.4 Å². The monoisotopic (exact) mass is 498 g/mol. The lowest BCUT2D eigenvalue weighted by Gasteiger charge is -2.49. The summed E-state index contributed by atoms with van der Waals surface area (Å²) in [6, 6.07) is 4.11. The van der Waals surface area contributed by atoms with Gasteiger partial charge >= 0.3 is 6.18 Å². The van der Waals surface area contributed by atoms with Crippen molar-refractivity contribution in [3.8, 4) is 11.4 Å². The Labute approximate surface area is 203 Å². The van der Waals surface area contributed by atoms with Crippen molar-refractivity contribution >= 4 is 22.8 Å². The van der Waals surface area contributed by atoms with Crippen LogP contribution in [0.4, 0.5) is 29.1 Å². The fourth-order valence-corrected chi connectivity index (χ4v) is 5.20. The molecule has 0 unspecified atom stereocenters. The molecule has 12 heteroatoms. The number of imidazole rings is 1. The molecule has 2 aliphatic rings. The largest absolute Gasteiger partial charge is 0.433 e. The van der Waals surface area contributed by atoms with Crippen molar-refractivity contribution in [2.45, 2.75) is 26.1 Å². The number of rotatable bonds is 4. The first-order valence-electron chi connectivity index (χ1n) is 11.6. The standard InChI is InChI=1S/C24H22F4N8/c1-2-36-21(15-7-16(25)10-29-9-15)33-20-22(36)32-19(11-31-20)34-6-4-23(12-34)13-35(14-23)17-3-5-30-18(8-17)24(26,27)28/h3,5,7-11H,2,4,6,12-14H2,1H3. The molecule has 0 atom stereocenters. The third kappa shape index (κ3) is 3.80. The van der Waals surface area contributed by atoms with E-state index < -0.39 is 17.7 Å². The zero-order valence-electron chi connectivity index (χ0n) is 19.4. The molecule has 0 N–H and O–H groups in total. The molecule has 0 saturated carbocycles. The second-order valence-electron chi connectivity index (χ2n) is 9.37. The highest BCUT2D eigenvalue weighted by Crippen LogP contribution is 2.43. The molecule has 2 saturated heterocycles. The van der Waals surface area contributed by atoms with E-state index in [-0.39, 0.29) is 5.41 Å². The van der Waals surface area contributed by atoms with Crippen LogP contribution in [0.3, 0.4) is 0 Å². The molecule has 6 heterocycles. The predicted molar refractivity (Wildman–Crippen MR) is 125 cm³/mol. The molecule has 0 bridgehead atoms. The molecule has 2 aliphatic heterocycles. The van der Waals surface area contributed by atoms with Gasteiger partial charge in [-0.3, -0.25) is 9.97 Å². The minimum absolute atomic E-state index is 0.0122. The summed E-state index contributed by atoms with van der Waals surface area (Å²) in [4.78, 5) is 25.4. The van der Waals surface area contributed by atoms with Crippen molar-refractivity contribution in [1.82, 2.24) is 29.5 Å². The van der Waals surface area contributed by atoms with E-state index in [1.165, 1.54) is 12.3 Å². The van der Waals surface area contributed by atoms with Crippen LogP contribution in [-0.4, -0.2) is 55.7 Å². The lowest BCUT2D eigenvalue weighted by molar-refractivity contribution is -0.141. The van der Waals surface area contributed by atoms with Gasteiger partial charge in [0.15, 0.2) is 11.3 Å². The summed E-state index contributed by atoms with van der Waals surface area (Å²) in [6.07, 6.45) is 2.05. The van der Waals surface area contributed by atoms with Gasteiger partial charge in [-0.15, -0.1) is 0 Å². The Morgan fingerprint density at radius 2 is 1.81 bits per heavy atom. The number of hydrogen-bond donors (Lipinski definition) is 0. The molecule has 4 aromatic heterocycles. The molecular formula is C24H22F4N8. The van der Waals surface area contributed by atoms with E-state index in [0.29, 0.717) is 48.0 Å². The maximum absolute atomic E-state index is 13.7. The molecule has 0 amide bonds. The van der Waals surface area contributed by atoms with Crippen molar-refractivity contribution in [2.75, 3.05) is 36.0 Å². The van der Waals surface area contributed by atoms with Crippen LogP contribution in [-0.2, 0) is 12.7 Å². The third-order valence-corrected chi connectivity index (χ3v) is 6.94.